The van der Waals surface area contributed by atoms with Crippen LogP contribution in [0, 0.1) is 5.92 Å². The van der Waals surface area contributed by atoms with Gasteiger partial charge in [-0.05, 0) is 56.9 Å². The number of nitrogens with one attached hydrogen (secondary N) is 1. The summed E-state index contributed by atoms with van der Waals surface area (Å²) in [5.41, 5.74) is 6.98. The molecule has 6 heteroatoms. The van der Waals surface area contributed by atoms with E-state index in [4.69, 9.17) is 5.73 Å². The molecule has 1 aromatic rings. The third-order valence-corrected chi connectivity index (χ3v) is 4.39. The van der Waals surface area contributed by atoms with Crippen molar-refractivity contribution in [3.63, 3.8) is 0 Å². The van der Waals surface area contributed by atoms with Gasteiger partial charge in [-0.3, -0.25) is 9.98 Å². The standard InChI is InChI=1S/C17H29N5.HI/c1-2-22-13-8-15(9-14-22)6-11-20-17(18)21-12-7-16-5-3-4-10-19-16;/h3-5,10,15H,2,6-9,11-14H2,1H3,(H3,18,20,21);1H. The van der Waals surface area contributed by atoms with Crippen LogP contribution in [0.25, 0.3) is 0 Å². The van der Waals surface area contributed by atoms with Crippen molar-refractivity contribution < 1.29 is 0 Å². The lowest BCUT2D eigenvalue weighted by molar-refractivity contribution is 0.188. The molecule has 0 spiro atoms. The van der Waals surface area contributed by atoms with E-state index in [2.05, 4.69) is 27.1 Å². The Morgan fingerprint density at radius 3 is 2.83 bits per heavy atom. The van der Waals surface area contributed by atoms with E-state index in [1.165, 1.54) is 32.5 Å². The van der Waals surface area contributed by atoms with E-state index in [0.29, 0.717) is 5.96 Å². The van der Waals surface area contributed by atoms with E-state index in [9.17, 15) is 0 Å². The number of aromatic nitrogens is 1. The average Bonchev–Trinajstić information content (AvgIpc) is 2.56. The molecule has 1 saturated heterocycles. The molecule has 0 atom stereocenters. The average molecular weight is 431 g/mol. The Bertz CT molecular complexity index is 444. The number of guanidine groups is 1. The third-order valence-electron chi connectivity index (χ3n) is 4.39. The Morgan fingerprint density at radius 2 is 2.17 bits per heavy atom. The maximum atomic E-state index is 5.91. The van der Waals surface area contributed by atoms with Crippen molar-refractivity contribution in [1.29, 1.82) is 0 Å². The third kappa shape index (κ3) is 7.97. The summed E-state index contributed by atoms with van der Waals surface area (Å²) in [6.45, 7) is 7.51. The van der Waals surface area contributed by atoms with Crippen LogP contribution < -0.4 is 11.1 Å². The number of nitrogens with zero attached hydrogens (tertiary/aromatic N) is 3. The lowest BCUT2D eigenvalue weighted by Crippen LogP contribution is -2.34. The fourth-order valence-corrected chi connectivity index (χ4v) is 2.88. The molecule has 2 rings (SSSR count). The monoisotopic (exact) mass is 431 g/mol. The molecule has 0 saturated carbocycles. The molecular weight excluding hydrogens is 401 g/mol. The Balaban J connectivity index is 0.00000264. The molecule has 1 aliphatic rings. The quantitative estimate of drug-likeness (QED) is 0.395. The number of halogens is 1. The summed E-state index contributed by atoms with van der Waals surface area (Å²) < 4.78 is 0. The van der Waals surface area contributed by atoms with Gasteiger partial charge in [-0.25, -0.2) is 0 Å². The van der Waals surface area contributed by atoms with Gasteiger partial charge in [0, 0.05) is 31.4 Å². The van der Waals surface area contributed by atoms with Crippen molar-refractivity contribution in [3.8, 4) is 0 Å². The number of likely N-dealkylation sites (tertiary alicyclic amines) is 1. The summed E-state index contributed by atoms with van der Waals surface area (Å²) in [6, 6.07) is 5.96. The first-order valence-electron chi connectivity index (χ1n) is 8.44. The van der Waals surface area contributed by atoms with E-state index in [0.717, 1.165) is 37.5 Å². The van der Waals surface area contributed by atoms with E-state index in [-0.39, 0.29) is 24.0 Å². The second-order valence-corrected chi connectivity index (χ2v) is 5.93. The highest BCUT2D eigenvalue weighted by Gasteiger charge is 2.17. The molecule has 0 amide bonds. The SMILES string of the molecule is CCN1CCC(CCN=C(N)NCCc2ccccn2)CC1.I. The Labute approximate surface area is 157 Å². The molecule has 1 aromatic heterocycles. The number of aliphatic imine (C=N–C) groups is 1. The zero-order valence-corrected chi connectivity index (χ0v) is 16.4. The highest BCUT2D eigenvalue weighted by Crippen LogP contribution is 2.19. The molecule has 3 N–H and O–H groups in total. The number of nitrogens with two attached hydrogens (primary N) is 1. The second kappa shape index (κ2) is 11.6. The number of piperidine rings is 1. The van der Waals surface area contributed by atoms with Gasteiger partial charge in [-0.1, -0.05) is 13.0 Å². The van der Waals surface area contributed by atoms with Crippen LogP contribution in [0.15, 0.2) is 29.4 Å². The lowest BCUT2D eigenvalue weighted by atomic mass is 9.94. The van der Waals surface area contributed by atoms with Gasteiger partial charge in [0.25, 0.3) is 0 Å². The van der Waals surface area contributed by atoms with Crippen molar-refractivity contribution >= 4 is 29.9 Å². The fourth-order valence-electron chi connectivity index (χ4n) is 2.88. The summed E-state index contributed by atoms with van der Waals surface area (Å²) in [5.74, 6) is 1.37. The van der Waals surface area contributed by atoms with Gasteiger partial charge in [-0.15, -0.1) is 24.0 Å². The lowest BCUT2D eigenvalue weighted by Gasteiger charge is -2.30. The van der Waals surface area contributed by atoms with Crippen LogP contribution >= 0.6 is 24.0 Å². The highest BCUT2D eigenvalue weighted by atomic mass is 127. The molecule has 5 nitrogen and oxygen atoms in total. The Morgan fingerprint density at radius 1 is 1.39 bits per heavy atom. The first-order chi connectivity index (χ1) is 10.8. The van der Waals surface area contributed by atoms with Crippen molar-refractivity contribution in [1.82, 2.24) is 15.2 Å². The molecule has 23 heavy (non-hydrogen) atoms. The predicted octanol–water partition coefficient (Wildman–Crippen LogP) is 2.27. The van der Waals surface area contributed by atoms with E-state index in [1.807, 2.05) is 24.4 Å². The molecule has 1 fully saturated rings. The van der Waals surface area contributed by atoms with E-state index >= 15 is 0 Å². The molecule has 130 valence electrons. The maximum absolute atomic E-state index is 5.91. The van der Waals surface area contributed by atoms with Crippen LogP contribution in [-0.2, 0) is 6.42 Å². The maximum Gasteiger partial charge on any atom is 0.188 e. The van der Waals surface area contributed by atoms with Gasteiger partial charge >= 0.3 is 0 Å². The fraction of sp³-hybridized carbons (Fsp3) is 0.647. The van der Waals surface area contributed by atoms with Crippen LogP contribution in [0.1, 0.15) is 31.9 Å². The van der Waals surface area contributed by atoms with Gasteiger partial charge < -0.3 is 16.0 Å². The molecule has 0 bridgehead atoms. The van der Waals surface area contributed by atoms with Crippen LogP contribution in [0.4, 0.5) is 0 Å². The number of pyridine rings is 1. The minimum absolute atomic E-state index is 0. The van der Waals surface area contributed by atoms with Gasteiger partial charge in [-0.2, -0.15) is 0 Å². The number of rotatable bonds is 7. The normalized spacial score (nSPS) is 16.8. The van der Waals surface area contributed by atoms with Crippen molar-refractivity contribution in [3.05, 3.63) is 30.1 Å². The Kier molecular flexibility index (Phi) is 10.2. The predicted molar refractivity (Wildman–Crippen MR) is 107 cm³/mol. The first kappa shape index (κ1) is 20.2. The Hall–Kier alpha value is -0.890. The summed E-state index contributed by atoms with van der Waals surface area (Å²) in [4.78, 5) is 11.2. The van der Waals surface area contributed by atoms with Crippen LogP contribution in [0.3, 0.4) is 0 Å². The summed E-state index contributed by atoms with van der Waals surface area (Å²) in [5, 5.41) is 3.16. The van der Waals surface area contributed by atoms with Gasteiger partial charge in [0.05, 0.1) is 0 Å². The topological polar surface area (TPSA) is 66.5 Å². The largest absolute Gasteiger partial charge is 0.370 e. The minimum atomic E-state index is 0. The van der Waals surface area contributed by atoms with Crippen molar-refractivity contribution in [2.75, 3.05) is 32.7 Å². The van der Waals surface area contributed by atoms with Crippen LogP contribution in [0.2, 0.25) is 0 Å². The van der Waals surface area contributed by atoms with Gasteiger partial charge in [0.2, 0.25) is 0 Å². The first-order valence-corrected chi connectivity index (χ1v) is 8.44. The van der Waals surface area contributed by atoms with E-state index in [1.54, 1.807) is 0 Å². The molecule has 0 unspecified atom stereocenters. The molecule has 1 aliphatic heterocycles. The van der Waals surface area contributed by atoms with Crippen molar-refractivity contribution in [2.24, 2.45) is 16.6 Å². The molecule has 0 aromatic carbocycles. The smallest absolute Gasteiger partial charge is 0.188 e. The minimum Gasteiger partial charge on any atom is -0.370 e. The van der Waals surface area contributed by atoms with Gasteiger partial charge in [0.1, 0.15) is 0 Å². The van der Waals surface area contributed by atoms with Crippen LogP contribution in [-0.4, -0.2) is 48.6 Å². The molecular formula is C17H30IN5. The summed E-state index contributed by atoms with van der Waals surface area (Å²) >= 11 is 0. The number of hydrogen-bond donors (Lipinski definition) is 2. The summed E-state index contributed by atoms with van der Waals surface area (Å²) in [7, 11) is 0. The number of hydrogen-bond acceptors (Lipinski definition) is 3. The van der Waals surface area contributed by atoms with Crippen LogP contribution in [0.5, 0.6) is 0 Å². The zero-order chi connectivity index (χ0) is 15.6. The zero-order valence-electron chi connectivity index (χ0n) is 14.1. The van der Waals surface area contributed by atoms with Crippen molar-refractivity contribution in [2.45, 2.75) is 32.6 Å². The highest BCUT2D eigenvalue weighted by molar-refractivity contribution is 14.0. The summed E-state index contributed by atoms with van der Waals surface area (Å²) in [6.07, 6.45) is 6.44. The van der Waals surface area contributed by atoms with Gasteiger partial charge in [0.15, 0.2) is 5.96 Å². The van der Waals surface area contributed by atoms with E-state index < -0.39 is 0 Å². The second-order valence-electron chi connectivity index (χ2n) is 5.93. The molecule has 2 heterocycles. The molecule has 0 aliphatic carbocycles. The molecule has 0 radical (unpaired) electrons.